The van der Waals surface area contributed by atoms with Crippen LogP contribution >= 0.6 is 15.8 Å². The van der Waals surface area contributed by atoms with Gasteiger partial charge in [-0.05, 0) is 41.5 Å². The highest BCUT2D eigenvalue weighted by atomic mass is 31.2. The average molecular weight is 206 g/mol. The van der Waals surface area contributed by atoms with Gasteiger partial charge in [0.1, 0.15) is 0 Å². The molecule has 1 rings (SSSR count). The third kappa shape index (κ3) is 1.68. The first-order chi connectivity index (χ1) is 5.46. The molecule has 1 heterocycles. The molecule has 0 saturated carbocycles. The molecule has 0 radical (unpaired) electrons. The predicted molar refractivity (Wildman–Crippen MR) is 60.6 cm³/mol. The van der Waals surface area contributed by atoms with Crippen molar-refractivity contribution >= 4 is 15.8 Å². The topological polar surface area (TPSA) is 6.48 Å². The Kier molecular flexibility index (Phi) is 3.51. The van der Waals surface area contributed by atoms with Crippen molar-refractivity contribution in [2.45, 2.75) is 11.0 Å². The lowest BCUT2D eigenvalue weighted by atomic mass is 11.0. The summed E-state index contributed by atoms with van der Waals surface area (Å²) in [7, 11) is 9.30. The summed E-state index contributed by atoms with van der Waals surface area (Å²) in [6, 6.07) is 0. The Morgan fingerprint density at radius 2 is 1.00 bits per heavy atom. The van der Waals surface area contributed by atoms with Crippen LogP contribution in [-0.2, 0) is 0 Å². The summed E-state index contributed by atoms with van der Waals surface area (Å²) in [4.78, 5) is 4.83. The smallest absolute Gasteiger partial charge is 0.0518 e. The molecule has 0 atom stereocenters. The summed E-state index contributed by atoms with van der Waals surface area (Å²) in [6.45, 7) is 4.88. The first-order valence-electron chi connectivity index (χ1n) is 4.23. The zero-order chi connectivity index (χ0) is 9.46. The normalized spacial score (nSPS) is 42.0. The van der Waals surface area contributed by atoms with Gasteiger partial charge in [-0.25, -0.2) is 0 Å². The van der Waals surface area contributed by atoms with Crippen LogP contribution in [0.15, 0.2) is 0 Å². The minimum absolute atomic E-state index is 0.218. The van der Waals surface area contributed by atoms with E-state index < -0.39 is 0 Å². The molecule has 72 valence electrons. The van der Waals surface area contributed by atoms with Gasteiger partial charge in [-0.3, -0.25) is 9.80 Å². The molecule has 0 aromatic rings. The number of rotatable bonds is 2. The van der Waals surface area contributed by atoms with Gasteiger partial charge in [-0.1, -0.05) is 15.8 Å². The van der Waals surface area contributed by atoms with Crippen LogP contribution in [0.5, 0.6) is 0 Å². The van der Waals surface area contributed by atoms with Crippen LogP contribution in [0.4, 0.5) is 0 Å². The Morgan fingerprint density at radius 3 is 1.17 bits per heavy atom. The third-order valence-corrected chi connectivity index (χ3v) is 11.5. The van der Waals surface area contributed by atoms with E-state index in [0.717, 1.165) is 11.0 Å². The molecule has 1 aliphatic heterocycles. The Bertz CT molecular complexity index is 135. The van der Waals surface area contributed by atoms with Gasteiger partial charge in [0.05, 0.1) is 11.0 Å². The summed E-state index contributed by atoms with van der Waals surface area (Å²) in [5, 5.41) is 0. The van der Waals surface area contributed by atoms with Crippen molar-refractivity contribution in [1.29, 1.82) is 0 Å². The fourth-order valence-electron chi connectivity index (χ4n) is 2.20. The molecule has 1 saturated heterocycles. The fraction of sp³-hybridized carbons (Fsp3) is 1.00. The molecule has 0 unspecified atom stereocenters. The second-order valence-electron chi connectivity index (χ2n) is 3.95. The van der Waals surface area contributed by atoms with Gasteiger partial charge in [0.25, 0.3) is 0 Å². The van der Waals surface area contributed by atoms with E-state index in [0.29, 0.717) is 0 Å². The molecule has 0 amide bonds. The summed E-state index contributed by atoms with van der Waals surface area (Å²) >= 11 is 0. The highest BCUT2D eigenvalue weighted by Crippen LogP contribution is 2.77. The molecule has 2 nitrogen and oxygen atoms in total. The molecular weight excluding hydrogens is 186 g/mol. The maximum atomic E-state index is 2.44. The van der Waals surface area contributed by atoms with Crippen molar-refractivity contribution in [3.63, 3.8) is 0 Å². The van der Waals surface area contributed by atoms with E-state index in [2.05, 4.69) is 51.3 Å². The Balaban J connectivity index is 2.56. The molecule has 12 heavy (non-hydrogen) atoms. The Labute approximate surface area is 78.8 Å². The maximum Gasteiger partial charge on any atom is 0.0518 e. The highest BCUT2D eigenvalue weighted by molar-refractivity contribution is 7.91. The number of nitrogens with zero attached hydrogens (tertiary/aromatic N) is 2. The fourth-order valence-corrected chi connectivity index (χ4v) is 10.7. The van der Waals surface area contributed by atoms with Crippen molar-refractivity contribution in [2.24, 2.45) is 0 Å². The van der Waals surface area contributed by atoms with Crippen molar-refractivity contribution < 1.29 is 0 Å². The molecule has 0 spiro atoms. The van der Waals surface area contributed by atoms with Crippen LogP contribution in [0.2, 0.25) is 0 Å². The lowest BCUT2D eigenvalue weighted by Crippen LogP contribution is -2.43. The molecule has 1 fully saturated rings. The van der Waals surface area contributed by atoms with Crippen LogP contribution in [0.1, 0.15) is 0 Å². The molecular formula is C8H20N2P2. The molecule has 0 aromatic carbocycles. The van der Waals surface area contributed by atoms with Gasteiger partial charge < -0.3 is 0 Å². The molecule has 1 aliphatic rings. The molecule has 0 N–H and O–H groups in total. The largest absolute Gasteiger partial charge is 0.299 e. The van der Waals surface area contributed by atoms with Crippen LogP contribution < -0.4 is 0 Å². The van der Waals surface area contributed by atoms with E-state index in [1.807, 2.05) is 0 Å². The van der Waals surface area contributed by atoms with Gasteiger partial charge >= 0.3 is 0 Å². The van der Waals surface area contributed by atoms with Crippen LogP contribution in [0, 0.1) is 0 Å². The Hall–Kier alpha value is 0.780. The first kappa shape index (κ1) is 10.9. The summed E-state index contributed by atoms with van der Waals surface area (Å²) in [6.07, 6.45) is 0. The second kappa shape index (κ2) is 3.88. The van der Waals surface area contributed by atoms with Crippen molar-refractivity contribution in [3.05, 3.63) is 0 Å². The SMILES string of the molecule is CN(C)C1P(C)C(N(C)C)P1C. The van der Waals surface area contributed by atoms with Crippen LogP contribution in [0.25, 0.3) is 0 Å². The third-order valence-electron chi connectivity index (χ3n) is 2.38. The average Bonchev–Trinajstić information content (AvgIpc) is 1.84. The lowest BCUT2D eigenvalue weighted by molar-refractivity contribution is 0.396. The number of hydrogen-bond donors (Lipinski definition) is 0. The van der Waals surface area contributed by atoms with E-state index in [4.69, 9.17) is 0 Å². The summed E-state index contributed by atoms with van der Waals surface area (Å²) in [5.41, 5.74) is 1.81. The van der Waals surface area contributed by atoms with Crippen molar-refractivity contribution in [1.82, 2.24) is 9.80 Å². The second-order valence-corrected chi connectivity index (χ2v) is 9.38. The molecule has 0 bridgehead atoms. The van der Waals surface area contributed by atoms with Crippen LogP contribution in [0.3, 0.4) is 0 Å². The standard InChI is InChI=1S/C8H20N2P2/c1-9(2)7-11(5)8(10(3)4)12(7)6/h7-8H,1-6H3. The van der Waals surface area contributed by atoms with Gasteiger partial charge in [0, 0.05) is 0 Å². The van der Waals surface area contributed by atoms with Crippen LogP contribution in [-0.4, -0.2) is 62.4 Å². The Morgan fingerprint density at radius 1 is 0.750 bits per heavy atom. The summed E-state index contributed by atoms with van der Waals surface area (Å²) < 4.78 is 0. The predicted octanol–water partition coefficient (Wildman–Crippen LogP) is 1.91. The molecule has 0 aromatic heterocycles. The quantitative estimate of drug-likeness (QED) is 0.637. The van der Waals surface area contributed by atoms with E-state index in [9.17, 15) is 0 Å². The maximum absolute atomic E-state index is 2.44. The first-order valence-corrected chi connectivity index (χ1v) is 8.09. The number of hydrogen-bond acceptors (Lipinski definition) is 2. The lowest BCUT2D eigenvalue weighted by Gasteiger charge is -2.55. The van der Waals surface area contributed by atoms with Crippen molar-refractivity contribution in [2.75, 3.05) is 41.5 Å². The molecule has 4 heteroatoms. The van der Waals surface area contributed by atoms with Gasteiger partial charge in [0.15, 0.2) is 0 Å². The van der Waals surface area contributed by atoms with E-state index in [1.54, 1.807) is 0 Å². The minimum Gasteiger partial charge on any atom is -0.299 e. The van der Waals surface area contributed by atoms with Crippen molar-refractivity contribution in [3.8, 4) is 0 Å². The minimum atomic E-state index is 0.218. The van der Waals surface area contributed by atoms with E-state index >= 15 is 0 Å². The van der Waals surface area contributed by atoms with E-state index in [-0.39, 0.29) is 15.8 Å². The van der Waals surface area contributed by atoms with Gasteiger partial charge in [0.2, 0.25) is 0 Å². The zero-order valence-electron chi connectivity index (χ0n) is 8.94. The monoisotopic (exact) mass is 206 g/mol. The zero-order valence-corrected chi connectivity index (χ0v) is 10.7. The van der Waals surface area contributed by atoms with E-state index in [1.165, 1.54) is 0 Å². The summed E-state index contributed by atoms with van der Waals surface area (Å²) in [5.74, 6) is 0. The van der Waals surface area contributed by atoms with Gasteiger partial charge in [-0.15, -0.1) is 0 Å². The van der Waals surface area contributed by atoms with Gasteiger partial charge in [-0.2, -0.15) is 0 Å². The molecule has 0 aliphatic carbocycles. The highest BCUT2D eigenvalue weighted by Gasteiger charge is 2.46.